The zero-order valence-electron chi connectivity index (χ0n) is 14.6. The van der Waals surface area contributed by atoms with Crippen molar-refractivity contribution in [2.24, 2.45) is 4.99 Å². The topological polar surface area (TPSA) is 75.6 Å². The van der Waals surface area contributed by atoms with E-state index in [-0.39, 0.29) is 36.5 Å². The second-order valence-electron chi connectivity index (χ2n) is 5.88. The van der Waals surface area contributed by atoms with Crippen LogP contribution in [0.2, 0.25) is 0 Å². The van der Waals surface area contributed by atoms with Crippen LogP contribution in [-0.2, 0) is 16.1 Å². The number of hydrogen-bond acceptors (Lipinski definition) is 5. The summed E-state index contributed by atoms with van der Waals surface area (Å²) in [6.07, 6.45) is 0. The summed E-state index contributed by atoms with van der Waals surface area (Å²) in [6, 6.07) is 0. The van der Waals surface area contributed by atoms with Gasteiger partial charge in [-0.25, -0.2) is 9.98 Å². The highest BCUT2D eigenvalue weighted by Gasteiger charge is 2.15. The smallest absolute Gasteiger partial charge is 0.328 e. The number of ether oxygens (including phenoxy) is 1. The molecule has 23 heavy (non-hydrogen) atoms. The van der Waals surface area contributed by atoms with Crippen molar-refractivity contribution in [1.82, 2.24) is 15.6 Å². The predicted octanol–water partition coefficient (Wildman–Crippen LogP) is 2.77. The number of esters is 1. The first-order valence-electron chi connectivity index (χ1n) is 7.38. The van der Waals surface area contributed by atoms with E-state index < -0.39 is 5.60 Å². The maximum Gasteiger partial charge on any atom is 0.328 e. The Morgan fingerprint density at radius 2 is 1.96 bits per heavy atom. The van der Waals surface area contributed by atoms with Gasteiger partial charge in [-0.05, 0) is 41.5 Å². The molecule has 0 aliphatic carbocycles. The van der Waals surface area contributed by atoms with Gasteiger partial charge >= 0.3 is 5.97 Å². The summed E-state index contributed by atoms with van der Waals surface area (Å²) in [5, 5.41) is 7.37. The molecule has 0 amide bonds. The molecular formula is C15H27IN4O2S. The van der Waals surface area contributed by atoms with E-state index in [1.165, 1.54) is 4.88 Å². The van der Waals surface area contributed by atoms with Crippen LogP contribution in [0.15, 0.2) is 4.99 Å². The van der Waals surface area contributed by atoms with Crippen molar-refractivity contribution in [2.45, 2.75) is 53.7 Å². The minimum Gasteiger partial charge on any atom is -0.459 e. The quantitative estimate of drug-likeness (QED) is 0.310. The van der Waals surface area contributed by atoms with E-state index in [4.69, 9.17) is 4.74 Å². The average Bonchev–Trinajstić information content (AvgIpc) is 2.69. The Hall–Kier alpha value is -0.900. The number of hydrogen-bond donors (Lipinski definition) is 2. The molecule has 2 N–H and O–H groups in total. The van der Waals surface area contributed by atoms with E-state index in [0.29, 0.717) is 12.5 Å². The highest BCUT2D eigenvalue weighted by Crippen LogP contribution is 2.16. The van der Waals surface area contributed by atoms with Crippen LogP contribution in [0.5, 0.6) is 0 Å². The Kier molecular flexibility index (Phi) is 9.67. The SMILES string of the molecule is CCNC(=NCC(=O)OC(C)(C)C)NCc1sc(C)nc1C.I. The Bertz CT molecular complexity index is 538. The van der Waals surface area contributed by atoms with Gasteiger partial charge in [-0.15, -0.1) is 35.3 Å². The van der Waals surface area contributed by atoms with Gasteiger partial charge in [-0.3, -0.25) is 4.79 Å². The summed E-state index contributed by atoms with van der Waals surface area (Å²) < 4.78 is 5.24. The number of rotatable bonds is 5. The van der Waals surface area contributed by atoms with E-state index in [1.807, 2.05) is 41.5 Å². The van der Waals surface area contributed by atoms with E-state index in [1.54, 1.807) is 11.3 Å². The van der Waals surface area contributed by atoms with Gasteiger partial charge in [0.25, 0.3) is 0 Å². The number of aliphatic imine (C=N–C) groups is 1. The zero-order chi connectivity index (χ0) is 16.8. The van der Waals surface area contributed by atoms with Crippen molar-refractivity contribution < 1.29 is 9.53 Å². The van der Waals surface area contributed by atoms with Gasteiger partial charge in [-0.1, -0.05) is 0 Å². The molecule has 1 rings (SSSR count). The van der Waals surface area contributed by atoms with Gasteiger partial charge in [0.05, 0.1) is 17.2 Å². The number of nitrogens with zero attached hydrogens (tertiary/aromatic N) is 2. The normalized spacial score (nSPS) is 11.7. The first-order chi connectivity index (χ1) is 10.2. The number of carbonyl (C=O) groups excluding carboxylic acids is 1. The summed E-state index contributed by atoms with van der Waals surface area (Å²) in [5.74, 6) is 0.258. The van der Waals surface area contributed by atoms with Crippen LogP contribution >= 0.6 is 35.3 Å². The third-order valence-corrected chi connectivity index (χ3v) is 3.62. The van der Waals surface area contributed by atoms with Gasteiger partial charge in [0, 0.05) is 11.4 Å². The van der Waals surface area contributed by atoms with Crippen molar-refractivity contribution in [3.8, 4) is 0 Å². The molecule has 0 saturated heterocycles. The van der Waals surface area contributed by atoms with E-state index in [9.17, 15) is 4.79 Å². The summed E-state index contributed by atoms with van der Waals surface area (Å²) in [5.41, 5.74) is 0.535. The minimum absolute atomic E-state index is 0. The van der Waals surface area contributed by atoms with Crippen LogP contribution < -0.4 is 10.6 Å². The molecule has 0 bridgehead atoms. The molecule has 0 unspecified atom stereocenters. The van der Waals surface area contributed by atoms with E-state index >= 15 is 0 Å². The number of carbonyl (C=O) groups is 1. The Morgan fingerprint density at radius 3 is 2.43 bits per heavy atom. The lowest BCUT2D eigenvalue weighted by Gasteiger charge is -2.19. The third-order valence-electron chi connectivity index (χ3n) is 2.55. The molecule has 0 fully saturated rings. The molecule has 0 atom stereocenters. The molecule has 0 saturated carbocycles. The molecule has 1 aromatic rings. The molecule has 132 valence electrons. The molecule has 0 aliphatic heterocycles. The van der Waals surface area contributed by atoms with Crippen LogP contribution in [0.25, 0.3) is 0 Å². The highest BCUT2D eigenvalue weighted by atomic mass is 127. The fourth-order valence-electron chi connectivity index (χ4n) is 1.76. The van der Waals surface area contributed by atoms with Crippen molar-refractivity contribution in [3.63, 3.8) is 0 Å². The van der Waals surface area contributed by atoms with Crippen LogP contribution in [0.1, 0.15) is 43.3 Å². The average molecular weight is 454 g/mol. The minimum atomic E-state index is -0.490. The molecule has 1 heterocycles. The standard InChI is InChI=1S/C15H26N4O2S.HI/c1-7-16-14(18-9-13(20)21-15(4,5)6)17-8-12-10(2)19-11(3)22-12;/h7-9H2,1-6H3,(H2,16,17,18);1H. The van der Waals surface area contributed by atoms with Crippen molar-refractivity contribution >= 4 is 47.2 Å². The summed E-state index contributed by atoms with van der Waals surface area (Å²) in [4.78, 5) is 21.5. The van der Waals surface area contributed by atoms with Gasteiger partial charge in [0.2, 0.25) is 0 Å². The van der Waals surface area contributed by atoms with Gasteiger partial charge in [0.15, 0.2) is 5.96 Å². The van der Waals surface area contributed by atoms with Crippen LogP contribution in [0, 0.1) is 13.8 Å². The van der Waals surface area contributed by atoms with E-state index in [0.717, 1.165) is 17.2 Å². The lowest BCUT2D eigenvalue weighted by atomic mass is 10.2. The predicted molar refractivity (Wildman–Crippen MR) is 106 cm³/mol. The first-order valence-corrected chi connectivity index (χ1v) is 8.20. The maximum atomic E-state index is 11.7. The first kappa shape index (κ1) is 22.1. The van der Waals surface area contributed by atoms with Crippen LogP contribution in [0.3, 0.4) is 0 Å². The fourth-order valence-corrected chi connectivity index (χ4v) is 2.64. The van der Waals surface area contributed by atoms with Crippen molar-refractivity contribution in [2.75, 3.05) is 13.1 Å². The second-order valence-corrected chi connectivity index (χ2v) is 7.16. The van der Waals surface area contributed by atoms with Crippen LogP contribution in [0.4, 0.5) is 0 Å². The third kappa shape index (κ3) is 9.09. The molecule has 0 aromatic carbocycles. The second kappa shape index (κ2) is 10.1. The monoisotopic (exact) mass is 454 g/mol. The highest BCUT2D eigenvalue weighted by molar-refractivity contribution is 14.0. The molecule has 0 aliphatic rings. The van der Waals surface area contributed by atoms with Crippen LogP contribution in [-0.4, -0.2) is 35.6 Å². The summed E-state index contributed by atoms with van der Waals surface area (Å²) in [7, 11) is 0. The van der Waals surface area contributed by atoms with Gasteiger partial charge < -0.3 is 15.4 Å². The Morgan fingerprint density at radius 1 is 1.30 bits per heavy atom. The number of halogens is 1. The fraction of sp³-hybridized carbons (Fsp3) is 0.667. The molecule has 8 heteroatoms. The molecule has 1 aromatic heterocycles. The number of thiazole rings is 1. The lowest BCUT2D eigenvalue weighted by Crippen LogP contribution is -2.37. The van der Waals surface area contributed by atoms with Gasteiger partial charge in [0.1, 0.15) is 12.1 Å². The molecule has 6 nitrogen and oxygen atoms in total. The zero-order valence-corrected chi connectivity index (χ0v) is 17.8. The Balaban J connectivity index is 0.00000484. The molecular weight excluding hydrogens is 427 g/mol. The Labute approximate surface area is 159 Å². The van der Waals surface area contributed by atoms with Gasteiger partial charge in [-0.2, -0.15) is 0 Å². The van der Waals surface area contributed by atoms with Crippen molar-refractivity contribution in [3.05, 3.63) is 15.6 Å². The summed E-state index contributed by atoms with van der Waals surface area (Å²) >= 11 is 1.66. The number of aromatic nitrogens is 1. The molecule has 0 radical (unpaired) electrons. The van der Waals surface area contributed by atoms with Crippen molar-refractivity contribution in [1.29, 1.82) is 0 Å². The molecule has 0 spiro atoms. The number of aryl methyl sites for hydroxylation is 2. The number of nitrogens with one attached hydrogen (secondary N) is 2. The largest absolute Gasteiger partial charge is 0.459 e. The summed E-state index contributed by atoms with van der Waals surface area (Å²) in [6.45, 7) is 12.8. The lowest BCUT2D eigenvalue weighted by molar-refractivity contribution is -0.152. The number of guanidine groups is 1. The van der Waals surface area contributed by atoms with E-state index in [2.05, 4.69) is 20.6 Å². The maximum absolute atomic E-state index is 11.7.